The number of carbonyl (C=O) groups excluding carboxylic acids is 2. The fraction of sp³-hybridized carbons (Fsp3) is 0.421. The Balaban J connectivity index is 1.56. The molecular formula is C19H18I2N2O3. The van der Waals surface area contributed by atoms with Crippen LogP contribution in [0.1, 0.15) is 25.8 Å². The van der Waals surface area contributed by atoms with Crippen molar-refractivity contribution in [2.75, 3.05) is 0 Å². The van der Waals surface area contributed by atoms with Crippen LogP contribution in [0, 0.1) is 30.8 Å². The Morgan fingerprint density at radius 2 is 1.65 bits per heavy atom. The minimum Gasteiger partial charge on any atom is -0.489 e. The predicted molar refractivity (Wildman–Crippen MR) is 115 cm³/mol. The van der Waals surface area contributed by atoms with Crippen LogP contribution in [0.5, 0.6) is 5.75 Å². The molecule has 2 bridgehead atoms. The number of nitrogens with zero attached hydrogens (tertiary/aromatic N) is 2. The zero-order chi connectivity index (χ0) is 18.6. The van der Waals surface area contributed by atoms with Crippen LogP contribution in [0.2, 0.25) is 0 Å². The molecule has 1 heterocycles. The molecule has 0 unspecified atom stereocenters. The first-order valence-corrected chi connectivity index (χ1v) is 10.8. The highest BCUT2D eigenvalue weighted by Gasteiger charge is 2.59. The van der Waals surface area contributed by atoms with Crippen molar-refractivity contribution >= 4 is 63.2 Å². The monoisotopic (exact) mass is 576 g/mol. The second-order valence-corrected chi connectivity index (χ2v) is 9.54. The lowest BCUT2D eigenvalue weighted by Crippen LogP contribution is -2.28. The van der Waals surface area contributed by atoms with Gasteiger partial charge in [-0.15, -0.1) is 0 Å². The van der Waals surface area contributed by atoms with E-state index in [2.05, 4.69) is 62.4 Å². The third-order valence-electron chi connectivity index (χ3n) is 5.14. The Morgan fingerprint density at radius 1 is 1.12 bits per heavy atom. The molecule has 0 spiro atoms. The van der Waals surface area contributed by atoms with E-state index in [0.29, 0.717) is 0 Å². The number of fused-ring (bicyclic) bond motifs is 5. The van der Waals surface area contributed by atoms with Gasteiger partial charge in [0.25, 0.3) is 11.8 Å². The zero-order valence-electron chi connectivity index (χ0n) is 14.4. The van der Waals surface area contributed by atoms with Crippen LogP contribution in [-0.4, -0.2) is 29.1 Å². The molecular weight excluding hydrogens is 558 g/mol. The lowest BCUT2D eigenvalue weighted by atomic mass is 9.85. The maximum atomic E-state index is 12.7. The van der Waals surface area contributed by atoms with E-state index in [-0.39, 0.29) is 41.6 Å². The molecule has 3 aliphatic rings. The molecule has 1 aromatic carbocycles. The minimum absolute atomic E-state index is 0.0970. The first kappa shape index (κ1) is 18.4. The average molecular weight is 576 g/mol. The third kappa shape index (κ3) is 3.00. The van der Waals surface area contributed by atoms with Gasteiger partial charge in [0.2, 0.25) is 0 Å². The van der Waals surface area contributed by atoms with Crippen molar-refractivity contribution in [3.63, 3.8) is 0 Å². The van der Waals surface area contributed by atoms with Crippen LogP contribution < -0.4 is 4.74 Å². The van der Waals surface area contributed by atoms with Crippen LogP contribution in [0.3, 0.4) is 0 Å². The number of carbonyl (C=O) groups is 2. The quantitative estimate of drug-likeness (QED) is 0.237. The van der Waals surface area contributed by atoms with Crippen molar-refractivity contribution in [3.05, 3.63) is 37.0 Å². The number of halogens is 2. The first-order valence-electron chi connectivity index (χ1n) is 8.62. The van der Waals surface area contributed by atoms with Gasteiger partial charge in [0.05, 0.1) is 31.3 Å². The number of imide groups is 1. The van der Waals surface area contributed by atoms with Gasteiger partial charge in [-0.2, -0.15) is 10.1 Å². The molecule has 1 aliphatic heterocycles. The molecule has 2 fully saturated rings. The molecule has 26 heavy (non-hydrogen) atoms. The maximum Gasteiger partial charge on any atom is 0.254 e. The molecule has 0 aromatic heterocycles. The largest absolute Gasteiger partial charge is 0.489 e. The van der Waals surface area contributed by atoms with E-state index in [9.17, 15) is 9.59 Å². The fourth-order valence-corrected chi connectivity index (χ4v) is 6.20. The molecule has 1 saturated heterocycles. The van der Waals surface area contributed by atoms with Gasteiger partial charge in [0.15, 0.2) is 0 Å². The number of rotatable bonds is 4. The van der Waals surface area contributed by atoms with Crippen molar-refractivity contribution in [3.8, 4) is 5.75 Å². The molecule has 5 nitrogen and oxygen atoms in total. The summed E-state index contributed by atoms with van der Waals surface area (Å²) in [5.41, 5.74) is 0.841. The van der Waals surface area contributed by atoms with Gasteiger partial charge in [0.1, 0.15) is 5.75 Å². The molecule has 4 rings (SSSR count). The van der Waals surface area contributed by atoms with Gasteiger partial charge in [0, 0.05) is 0 Å². The molecule has 2 amide bonds. The van der Waals surface area contributed by atoms with E-state index >= 15 is 0 Å². The number of amides is 2. The SMILES string of the molecule is CC(C)Oc1c(I)cc(/C=N\N2C(=O)[C@H]3[C@H](C2=O)[C@H]2C=C[C@H]3C2)cc1I. The third-order valence-corrected chi connectivity index (χ3v) is 6.75. The van der Waals surface area contributed by atoms with E-state index in [0.717, 1.165) is 29.9 Å². The Hall–Kier alpha value is -0.970. The van der Waals surface area contributed by atoms with Crippen molar-refractivity contribution in [1.82, 2.24) is 5.01 Å². The molecule has 1 saturated carbocycles. The second kappa shape index (κ2) is 6.88. The van der Waals surface area contributed by atoms with Gasteiger partial charge < -0.3 is 4.74 Å². The number of hydrogen-bond donors (Lipinski definition) is 0. The lowest BCUT2D eigenvalue weighted by molar-refractivity contribution is -0.140. The highest BCUT2D eigenvalue weighted by molar-refractivity contribution is 14.1. The summed E-state index contributed by atoms with van der Waals surface area (Å²) in [6.07, 6.45) is 6.79. The summed E-state index contributed by atoms with van der Waals surface area (Å²) in [5, 5.41) is 5.32. The van der Waals surface area contributed by atoms with E-state index in [1.807, 2.05) is 26.0 Å². The molecule has 7 heteroatoms. The molecule has 2 aliphatic carbocycles. The lowest BCUT2D eigenvalue weighted by Gasteiger charge is -2.14. The first-order chi connectivity index (χ1) is 12.4. The normalized spacial score (nSPS) is 29.5. The van der Waals surface area contributed by atoms with Crippen LogP contribution >= 0.6 is 45.2 Å². The van der Waals surface area contributed by atoms with Crippen LogP contribution in [-0.2, 0) is 9.59 Å². The summed E-state index contributed by atoms with van der Waals surface area (Å²) in [7, 11) is 0. The van der Waals surface area contributed by atoms with Gasteiger partial charge >= 0.3 is 0 Å². The van der Waals surface area contributed by atoms with Crippen molar-refractivity contribution in [2.24, 2.45) is 28.8 Å². The fourth-order valence-electron chi connectivity index (χ4n) is 4.13. The van der Waals surface area contributed by atoms with E-state index in [1.54, 1.807) is 6.21 Å². The Bertz CT molecular complexity index is 796. The summed E-state index contributed by atoms with van der Waals surface area (Å²) in [5.74, 6) is 0.527. The molecule has 0 N–H and O–H groups in total. The van der Waals surface area contributed by atoms with Crippen LogP contribution in [0.25, 0.3) is 0 Å². The highest BCUT2D eigenvalue weighted by atomic mass is 127. The van der Waals surface area contributed by atoms with Crippen molar-refractivity contribution in [1.29, 1.82) is 0 Å². The summed E-state index contributed by atoms with van der Waals surface area (Å²) >= 11 is 4.46. The molecule has 0 radical (unpaired) electrons. The van der Waals surface area contributed by atoms with E-state index < -0.39 is 0 Å². The zero-order valence-corrected chi connectivity index (χ0v) is 18.7. The summed E-state index contributed by atoms with van der Waals surface area (Å²) in [4.78, 5) is 25.3. The number of hydrazone groups is 1. The van der Waals surface area contributed by atoms with Crippen molar-refractivity contribution in [2.45, 2.75) is 26.4 Å². The number of benzene rings is 1. The Labute approximate surface area is 179 Å². The predicted octanol–water partition coefficient (Wildman–Crippen LogP) is 3.82. The summed E-state index contributed by atoms with van der Waals surface area (Å²) in [6, 6.07) is 3.89. The van der Waals surface area contributed by atoms with Gasteiger partial charge in [-0.1, -0.05) is 12.2 Å². The maximum absolute atomic E-state index is 12.7. The smallest absolute Gasteiger partial charge is 0.254 e. The number of allylic oxidation sites excluding steroid dienone is 2. The molecule has 136 valence electrons. The van der Waals surface area contributed by atoms with E-state index in [1.165, 1.54) is 0 Å². The number of hydrogen-bond acceptors (Lipinski definition) is 4. The van der Waals surface area contributed by atoms with Gasteiger partial charge in [-0.05, 0) is 95.0 Å². The van der Waals surface area contributed by atoms with Crippen LogP contribution in [0.15, 0.2) is 29.4 Å². The summed E-state index contributed by atoms with van der Waals surface area (Å²) < 4.78 is 7.79. The Morgan fingerprint density at radius 3 is 2.15 bits per heavy atom. The highest BCUT2D eigenvalue weighted by Crippen LogP contribution is 2.52. The van der Waals surface area contributed by atoms with Crippen LogP contribution in [0.4, 0.5) is 0 Å². The number of ether oxygens (including phenoxy) is 1. The topological polar surface area (TPSA) is 59.0 Å². The second-order valence-electron chi connectivity index (χ2n) is 7.21. The summed E-state index contributed by atoms with van der Waals surface area (Å²) in [6.45, 7) is 3.98. The average Bonchev–Trinajstić information content (AvgIpc) is 3.24. The van der Waals surface area contributed by atoms with E-state index in [4.69, 9.17) is 4.74 Å². The Kier molecular flexibility index (Phi) is 4.87. The van der Waals surface area contributed by atoms with Gasteiger partial charge in [-0.25, -0.2) is 0 Å². The standard InChI is InChI=1S/C19H18I2N2O3/c1-9(2)26-17-13(20)5-10(6-14(17)21)8-22-23-18(24)15-11-3-4-12(7-11)16(15)19(23)25/h3-6,8-9,11-12,15-16H,7H2,1-2H3/b22-8-/t11-,12-,15+,16+/m0/s1. The van der Waals surface area contributed by atoms with Crippen molar-refractivity contribution < 1.29 is 14.3 Å². The van der Waals surface area contributed by atoms with Gasteiger partial charge in [-0.3, -0.25) is 9.59 Å². The molecule has 1 aromatic rings. The minimum atomic E-state index is -0.211. The molecule has 4 atom stereocenters.